The molecule has 0 saturated carbocycles. The molecule has 1 heterocycles. The van der Waals surface area contributed by atoms with Gasteiger partial charge in [0.25, 0.3) is 11.1 Å². The topological polar surface area (TPSA) is 86.5 Å². The van der Waals surface area contributed by atoms with E-state index in [1.807, 2.05) is 30.3 Å². The molecular formula is C20H21N3O4S. The predicted molar refractivity (Wildman–Crippen MR) is 106 cm³/mol. The first-order chi connectivity index (χ1) is 13.6. The summed E-state index contributed by atoms with van der Waals surface area (Å²) in [5.74, 6) is 1.45. The highest BCUT2D eigenvalue weighted by Crippen LogP contribution is 2.34. The van der Waals surface area contributed by atoms with Gasteiger partial charge in [-0.3, -0.25) is 4.79 Å². The molecule has 0 spiro atoms. The lowest BCUT2D eigenvalue weighted by Crippen LogP contribution is -2.30. The van der Waals surface area contributed by atoms with Gasteiger partial charge in [0.2, 0.25) is 5.91 Å². The second kappa shape index (κ2) is 9.27. The summed E-state index contributed by atoms with van der Waals surface area (Å²) < 4.78 is 16.3. The van der Waals surface area contributed by atoms with Gasteiger partial charge in [0.15, 0.2) is 0 Å². The summed E-state index contributed by atoms with van der Waals surface area (Å²) in [6.07, 6.45) is 0. The van der Waals surface area contributed by atoms with Crippen molar-refractivity contribution in [2.75, 3.05) is 14.2 Å². The monoisotopic (exact) mass is 399 g/mol. The maximum absolute atomic E-state index is 12.3. The van der Waals surface area contributed by atoms with E-state index < -0.39 is 0 Å². The summed E-state index contributed by atoms with van der Waals surface area (Å²) in [6, 6.07) is 15.1. The van der Waals surface area contributed by atoms with Crippen LogP contribution in [-0.2, 0) is 11.3 Å². The van der Waals surface area contributed by atoms with Crippen LogP contribution in [0.25, 0.3) is 11.5 Å². The molecule has 3 aromatic rings. The quantitative estimate of drug-likeness (QED) is 0.580. The number of amides is 1. The van der Waals surface area contributed by atoms with Crippen LogP contribution in [0.1, 0.15) is 12.5 Å². The summed E-state index contributed by atoms with van der Waals surface area (Å²) in [5, 5.41) is 10.9. The highest BCUT2D eigenvalue weighted by molar-refractivity contribution is 8.00. The Labute approximate surface area is 167 Å². The zero-order chi connectivity index (χ0) is 19.9. The average molecular weight is 399 g/mol. The van der Waals surface area contributed by atoms with Gasteiger partial charge >= 0.3 is 0 Å². The minimum atomic E-state index is -0.380. The van der Waals surface area contributed by atoms with Crippen molar-refractivity contribution in [2.24, 2.45) is 0 Å². The maximum Gasteiger partial charge on any atom is 0.277 e. The van der Waals surface area contributed by atoms with Crippen molar-refractivity contribution < 1.29 is 18.7 Å². The molecule has 8 heteroatoms. The molecule has 3 rings (SSSR count). The number of ether oxygens (including phenoxy) is 2. The van der Waals surface area contributed by atoms with Crippen LogP contribution in [0, 0.1) is 0 Å². The maximum atomic E-state index is 12.3. The smallest absolute Gasteiger partial charge is 0.277 e. The number of carbonyl (C=O) groups is 1. The molecule has 1 N–H and O–H groups in total. The average Bonchev–Trinajstić information content (AvgIpc) is 3.20. The van der Waals surface area contributed by atoms with E-state index in [2.05, 4.69) is 15.5 Å². The Morgan fingerprint density at radius 3 is 2.64 bits per heavy atom. The van der Waals surface area contributed by atoms with Crippen molar-refractivity contribution >= 4 is 17.7 Å². The van der Waals surface area contributed by atoms with Crippen LogP contribution in [0.15, 0.2) is 58.2 Å². The second-order valence-electron chi connectivity index (χ2n) is 5.90. The number of nitrogens with zero attached hydrogens (tertiary/aromatic N) is 2. The standard InChI is InChI=1S/C20H21N3O4S/c1-13(18(24)21-12-14-7-5-4-6-8-14)28-20-23-22-19(27-20)16-10-9-15(25-2)11-17(16)26-3/h4-11,13H,12H2,1-3H3,(H,21,24)/t13-/m0/s1. The highest BCUT2D eigenvalue weighted by Gasteiger charge is 2.20. The molecule has 0 unspecified atom stereocenters. The van der Waals surface area contributed by atoms with Crippen LogP contribution in [0.4, 0.5) is 0 Å². The highest BCUT2D eigenvalue weighted by atomic mass is 32.2. The van der Waals surface area contributed by atoms with Gasteiger partial charge in [0.1, 0.15) is 11.5 Å². The first-order valence-corrected chi connectivity index (χ1v) is 9.53. The number of rotatable bonds is 8. The molecular weight excluding hydrogens is 378 g/mol. The summed E-state index contributed by atoms with van der Waals surface area (Å²) in [5.41, 5.74) is 1.70. The second-order valence-corrected chi connectivity index (χ2v) is 7.19. The molecule has 0 aliphatic carbocycles. The molecule has 0 aliphatic rings. The zero-order valence-corrected chi connectivity index (χ0v) is 16.7. The van der Waals surface area contributed by atoms with Crippen molar-refractivity contribution in [3.05, 3.63) is 54.1 Å². The zero-order valence-electron chi connectivity index (χ0n) is 15.8. The number of carbonyl (C=O) groups excluding carboxylic acids is 1. The third kappa shape index (κ3) is 4.83. The number of aromatic nitrogens is 2. The Kier molecular flexibility index (Phi) is 6.54. The van der Waals surface area contributed by atoms with Gasteiger partial charge in [-0.1, -0.05) is 42.1 Å². The van der Waals surface area contributed by atoms with Crippen molar-refractivity contribution in [1.29, 1.82) is 0 Å². The van der Waals surface area contributed by atoms with E-state index in [4.69, 9.17) is 13.9 Å². The number of hydrogen-bond acceptors (Lipinski definition) is 7. The molecule has 0 saturated heterocycles. The van der Waals surface area contributed by atoms with E-state index in [9.17, 15) is 4.79 Å². The lowest BCUT2D eigenvalue weighted by Gasteiger charge is -2.10. The molecule has 1 aromatic heterocycles. The Bertz CT molecular complexity index is 930. The summed E-state index contributed by atoms with van der Waals surface area (Å²) >= 11 is 1.21. The molecule has 0 aliphatic heterocycles. The van der Waals surface area contributed by atoms with Gasteiger partial charge in [-0.25, -0.2) is 0 Å². The molecule has 0 fully saturated rings. The fraction of sp³-hybridized carbons (Fsp3) is 0.250. The number of nitrogens with one attached hydrogen (secondary N) is 1. The van der Waals surface area contributed by atoms with Crippen molar-refractivity contribution in [3.8, 4) is 23.0 Å². The first kappa shape index (κ1) is 19.8. The Balaban J connectivity index is 1.63. The van der Waals surface area contributed by atoms with E-state index in [0.29, 0.717) is 34.7 Å². The Morgan fingerprint density at radius 1 is 1.14 bits per heavy atom. The van der Waals surface area contributed by atoms with Crippen LogP contribution < -0.4 is 14.8 Å². The van der Waals surface area contributed by atoms with Crippen LogP contribution in [0.3, 0.4) is 0 Å². The van der Waals surface area contributed by atoms with Gasteiger partial charge in [-0.2, -0.15) is 0 Å². The van der Waals surface area contributed by atoms with Crippen LogP contribution in [0.5, 0.6) is 11.5 Å². The minimum absolute atomic E-state index is 0.101. The fourth-order valence-corrected chi connectivity index (χ4v) is 3.18. The largest absolute Gasteiger partial charge is 0.497 e. The summed E-state index contributed by atoms with van der Waals surface area (Å²) in [7, 11) is 3.14. The molecule has 1 atom stereocenters. The number of hydrogen-bond donors (Lipinski definition) is 1. The Hall–Kier alpha value is -3.00. The minimum Gasteiger partial charge on any atom is -0.497 e. The SMILES string of the molecule is COc1ccc(-c2nnc(S[C@@H](C)C(=O)NCc3ccccc3)o2)c(OC)c1. The van der Waals surface area contributed by atoms with Crippen molar-refractivity contribution in [2.45, 2.75) is 23.9 Å². The first-order valence-electron chi connectivity index (χ1n) is 8.65. The lowest BCUT2D eigenvalue weighted by molar-refractivity contribution is -0.120. The predicted octanol–water partition coefficient (Wildman–Crippen LogP) is 3.55. The third-order valence-corrected chi connectivity index (χ3v) is 4.94. The number of methoxy groups -OCH3 is 2. The summed E-state index contributed by atoms with van der Waals surface area (Å²) in [4.78, 5) is 12.3. The van der Waals surface area contributed by atoms with Crippen LogP contribution in [0.2, 0.25) is 0 Å². The fourth-order valence-electron chi connectivity index (χ4n) is 2.47. The van der Waals surface area contributed by atoms with E-state index >= 15 is 0 Å². The Morgan fingerprint density at radius 2 is 1.93 bits per heavy atom. The van der Waals surface area contributed by atoms with E-state index in [-0.39, 0.29) is 11.2 Å². The molecule has 1 amide bonds. The molecule has 2 aromatic carbocycles. The molecule has 7 nitrogen and oxygen atoms in total. The molecule has 28 heavy (non-hydrogen) atoms. The van der Waals surface area contributed by atoms with E-state index in [1.165, 1.54) is 11.8 Å². The number of benzene rings is 2. The third-order valence-electron chi connectivity index (χ3n) is 4.00. The molecule has 0 bridgehead atoms. The summed E-state index contributed by atoms with van der Waals surface area (Å²) in [6.45, 7) is 2.27. The lowest BCUT2D eigenvalue weighted by atomic mass is 10.2. The van der Waals surface area contributed by atoms with Crippen molar-refractivity contribution in [1.82, 2.24) is 15.5 Å². The van der Waals surface area contributed by atoms with Gasteiger partial charge in [0.05, 0.1) is 25.0 Å². The molecule has 146 valence electrons. The van der Waals surface area contributed by atoms with Gasteiger partial charge in [0, 0.05) is 12.6 Å². The van der Waals surface area contributed by atoms with Crippen LogP contribution >= 0.6 is 11.8 Å². The van der Waals surface area contributed by atoms with Crippen molar-refractivity contribution in [3.63, 3.8) is 0 Å². The van der Waals surface area contributed by atoms with Gasteiger partial charge in [-0.15, -0.1) is 10.2 Å². The normalized spacial score (nSPS) is 11.7. The number of thioether (sulfide) groups is 1. The van der Waals surface area contributed by atoms with Crippen LogP contribution in [-0.4, -0.2) is 35.6 Å². The van der Waals surface area contributed by atoms with Gasteiger partial charge in [-0.05, 0) is 24.6 Å². The molecule has 0 radical (unpaired) electrons. The van der Waals surface area contributed by atoms with E-state index in [0.717, 1.165) is 5.56 Å². The van der Waals surface area contributed by atoms with E-state index in [1.54, 1.807) is 39.3 Å². The van der Waals surface area contributed by atoms with Gasteiger partial charge < -0.3 is 19.2 Å².